The second-order valence-corrected chi connectivity index (χ2v) is 1.39. The maximum atomic E-state index is 5.06. The van der Waals surface area contributed by atoms with Crippen molar-refractivity contribution >= 4 is 17.9 Å². The van der Waals surface area contributed by atoms with Gasteiger partial charge in [0.2, 0.25) is 0 Å². The molecule has 0 unspecified atom stereocenters. The molecule has 4 heteroatoms. The van der Waals surface area contributed by atoms with Crippen LogP contribution in [0.4, 0.5) is 0 Å². The van der Waals surface area contributed by atoms with Gasteiger partial charge in [-0.1, -0.05) is 0 Å². The molecule has 54 valence electrons. The highest BCUT2D eigenvalue weighted by atomic mass is 35.5. The lowest BCUT2D eigenvalue weighted by Gasteiger charge is -2.03. The molecule has 0 rings (SSSR count). The predicted octanol–water partition coefficient (Wildman–Crippen LogP) is 1.57. The van der Waals surface area contributed by atoms with Gasteiger partial charge in [-0.2, -0.15) is 0 Å². The quantitative estimate of drug-likeness (QED) is 0.443. The van der Waals surface area contributed by atoms with E-state index < -0.39 is 0 Å². The van der Waals surface area contributed by atoms with Crippen LogP contribution in [-0.4, -0.2) is 19.3 Å². The van der Waals surface area contributed by atoms with E-state index in [0.29, 0.717) is 13.2 Å². The van der Waals surface area contributed by atoms with Crippen molar-refractivity contribution < 1.29 is 9.47 Å². The number of hydrogen-bond donors (Lipinski definition) is 0. The summed E-state index contributed by atoms with van der Waals surface area (Å²) in [6.45, 7) is 4.71. The van der Waals surface area contributed by atoms with Crippen molar-refractivity contribution in [1.82, 2.24) is 0 Å². The van der Waals surface area contributed by atoms with Gasteiger partial charge < -0.3 is 9.47 Å². The summed E-state index contributed by atoms with van der Waals surface area (Å²) in [6.07, 6.45) is 0.140. The lowest BCUT2D eigenvalue weighted by molar-refractivity contribution is 0.183. The number of nitrogens with zero attached hydrogens (tertiary/aromatic N) is 1. The molecular formula is C5H10ClNO2. The van der Waals surface area contributed by atoms with Crippen LogP contribution in [0.5, 0.6) is 0 Å². The smallest absolute Gasteiger partial charge is 0.400 e. The lowest BCUT2D eigenvalue weighted by atomic mass is 10.8. The van der Waals surface area contributed by atoms with E-state index in [2.05, 4.69) is 4.51 Å². The van der Waals surface area contributed by atoms with Gasteiger partial charge in [0.25, 0.3) is 0 Å². The molecule has 0 aromatic carbocycles. The largest absolute Gasteiger partial charge is 0.450 e. The van der Waals surface area contributed by atoms with Crippen LogP contribution in [0.15, 0.2) is 4.51 Å². The van der Waals surface area contributed by atoms with E-state index in [0.717, 1.165) is 0 Å². The van der Waals surface area contributed by atoms with Crippen molar-refractivity contribution in [2.75, 3.05) is 13.2 Å². The molecule has 0 aliphatic heterocycles. The van der Waals surface area contributed by atoms with E-state index in [1.165, 1.54) is 0 Å². The molecule has 0 aliphatic rings. The molecule has 3 nitrogen and oxygen atoms in total. The van der Waals surface area contributed by atoms with Crippen LogP contribution in [-0.2, 0) is 9.47 Å². The Hall–Kier alpha value is -0.440. The highest BCUT2D eigenvalue weighted by Crippen LogP contribution is 1.88. The minimum absolute atomic E-state index is 0.140. The van der Waals surface area contributed by atoms with Crippen LogP contribution in [0.3, 0.4) is 0 Å². The predicted molar refractivity (Wildman–Crippen MR) is 36.5 cm³/mol. The molecule has 0 radical (unpaired) electrons. The van der Waals surface area contributed by atoms with Crippen molar-refractivity contribution in [3.8, 4) is 0 Å². The van der Waals surface area contributed by atoms with E-state index in [1.54, 1.807) is 0 Å². The van der Waals surface area contributed by atoms with Crippen molar-refractivity contribution in [3.63, 3.8) is 0 Å². The standard InChI is InChI=1S/C5H10ClNO2/c1-3-8-5(7-6)9-4-2/h3-4H2,1-2H3. The third-order valence-electron chi connectivity index (χ3n) is 0.605. The first-order chi connectivity index (χ1) is 4.35. The van der Waals surface area contributed by atoms with Crippen molar-refractivity contribution in [2.24, 2.45) is 4.51 Å². The first-order valence-corrected chi connectivity index (χ1v) is 3.13. The van der Waals surface area contributed by atoms with Crippen molar-refractivity contribution in [3.05, 3.63) is 0 Å². The molecule has 0 aliphatic carbocycles. The molecule has 0 aromatic heterocycles. The summed E-state index contributed by atoms with van der Waals surface area (Å²) in [5.41, 5.74) is 0. The van der Waals surface area contributed by atoms with E-state index in [1.807, 2.05) is 13.8 Å². The topological polar surface area (TPSA) is 30.8 Å². The third-order valence-corrected chi connectivity index (χ3v) is 0.743. The molecule has 0 aromatic rings. The average Bonchev–Trinajstić information content (AvgIpc) is 1.88. The van der Waals surface area contributed by atoms with E-state index >= 15 is 0 Å². The summed E-state index contributed by atoms with van der Waals surface area (Å²) in [6, 6.07) is 0. The van der Waals surface area contributed by atoms with Gasteiger partial charge in [0, 0.05) is 11.8 Å². The fourth-order valence-electron chi connectivity index (χ4n) is 0.337. The zero-order valence-electron chi connectivity index (χ0n) is 5.56. The van der Waals surface area contributed by atoms with Gasteiger partial charge in [0.15, 0.2) is 0 Å². The molecule has 0 N–H and O–H groups in total. The Morgan fingerprint density at radius 3 is 2.00 bits per heavy atom. The SMILES string of the molecule is CCOC(=NCl)OCC. The van der Waals surface area contributed by atoms with Crippen molar-refractivity contribution in [1.29, 1.82) is 0 Å². The normalized spacial score (nSPS) is 8.33. The Morgan fingerprint density at radius 1 is 1.33 bits per heavy atom. The van der Waals surface area contributed by atoms with Gasteiger partial charge in [-0.15, -0.1) is 4.51 Å². The van der Waals surface area contributed by atoms with Gasteiger partial charge in [0.1, 0.15) is 0 Å². The van der Waals surface area contributed by atoms with Gasteiger partial charge in [0.05, 0.1) is 13.2 Å². The fraction of sp³-hybridized carbons (Fsp3) is 0.800. The van der Waals surface area contributed by atoms with Crippen LogP contribution in [0, 0.1) is 0 Å². The first-order valence-electron chi connectivity index (χ1n) is 2.79. The molecule has 0 amide bonds. The maximum Gasteiger partial charge on any atom is 0.400 e. The summed E-state index contributed by atoms with van der Waals surface area (Å²) in [5.74, 6) is 0. The molecule has 0 atom stereocenters. The summed E-state index contributed by atoms with van der Waals surface area (Å²) in [7, 11) is 0. The zero-order chi connectivity index (χ0) is 7.11. The molecule has 0 spiro atoms. The lowest BCUT2D eigenvalue weighted by Crippen LogP contribution is -2.07. The van der Waals surface area contributed by atoms with Gasteiger partial charge in [-0.3, -0.25) is 0 Å². The molecule has 0 saturated carbocycles. The van der Waals surface area contributed by atoms with Gasteiger partial charge in [-0.25, -0.2) is 0 Å². The minimum Gasteiger partial charge on any atom is -0.450 e. The molecule has 0 bridgehead atoms. The Bertz CT molecular complexity index is 87.0. The van der Waals surface area contributed by atoms with Crippen LogP contribution in [0.2, 0.25) is 0 Å². The summed E-state index contributed by atoms with van der Waals surface area (Å²) in [5, 5.41) is 0. The molecule has 9 heavy (non-hydrogen) atoms. The Labute approximate surface area is 59.7 Å². The summed E-state index contributed by atoms with van der Waals surface area (Å²) >= 11 is 5.06. The van der Waals surface area contributed by atoms with Crippen LogP contribution < -0.4 is 0 Å². The van der Waals surface area contributed by atoms with Gasteiger partial charge in [-0.05, 0) is 13.8 Å². The van der Waals surface area contributed by atoms with Crippen LogP contribution in [0.25, 0.3) is 0 Å². The number of halogens is 1. The molecule has 0 fully saturated rings. The fourth-order valence-corrected chi connectivity index (χ4v) is 0.435. The van der Waals surface area contributed by atoms with E-state index in [9.17, 15) is 0 Å². The number of rotatable bonds is 2. The summed E-state index contributed by atoms with van der Waals surface area (Å²) in [4.78, 5) is 0. The second-order valence-electron chi connectivity index (χ2n) is 1.22. The number of hydrogen-bond acceptors (Lipinski definition) is 3. The van der Waals surface area contributed by atoms with E-state index in [-0.39, 0.29) is 6.08 Å². The Morgan fingerprint density at radius 2 is 1.78 bits per heavy atom. The minimum atomic E-state index is 0.140. The summed E-state index contributed by atoms with van der Waals surface area (Å²) < 4.78 is 12.9. The molecule has 0 saturated heterocycles. The average molecular weight is 152 g/mol. The zero-order valence-corrected chi connectivity index (χ0v) is 6.31. The Balaban J connectivity index is 3.43. The highest BCUT2D eigenvalue weighted by Gasteiger charge is 1.95. The van der Waals surface area contributed by atoms with Crippen LogP contribution in [0.1, 0.15) is 13.8 Å². The number of ether oxygens (including phenoxy) is 2. The molecular weight excluding hydrogens is 142 g/mol. The maximum absolute atomic E-state index is 5.06. The van der Waals surface area contributed by atoms with Gasteiger partial charge >= 0.3 is 6.08 Å². The highest BCUT2D eigenvalue weighted by molar-refractivity contribution is 6.18. The van der Waals surface area contributed by atoms with Crippen LogP contribution >= 0.6 is 11.8 Å². The van der Waals surface area contributed by atoms with E-state index in [4.69, 9.17) is 21.3 Å². The van der Waals surface area contributed by atoms with Crippen molar-refractivity contribution in [2.45, 2.75) is 13.8 Å². The third kappa shape index (κ3) is 4.09. The molecule has 0 heterocycles. The first kappa shape index (κ1) is 8.56. The Kier molecular flexibility index (Phi) is 5.41. The monoisotopic (exact) mass is 151 g/mol. The second kappa shape index (κ2) is 5.69.